The third kappa shape index (κ3) is 7.27. The second kappa shape index (κ2) is 12.8. The van der Waals surface area contributed by atoms with Gasteiger partial charge in [-0.25, -0.2) is 4.79 Å². The van der Waals surface area contributed by atoms with Crippen LogP contribution in [0.15, 0.2) is 78.9 Å². The molecule has 3 aromatic carbocycles. The van der Waals surface area contributed by atoms with E-state index in [4.69, 9.17) is 14.6 Å². The minimum Gasteiger partial charge on any atom is -0.481 e. The second-order valence-electron chi connectivity index (χ2n) is 10.7. The van der Waals surface area contributed by atoms with Crippen molar-refractivity contribution in [1.82, 2.24) is 10.6 Å². The summed E-state index contributed by atoms with van der Waals surface area (Å²) in [5.74, 6) is -1.55. The molecule has 3 N–H and O–H groups in total. The Balaban J connectivity index is 1.44. The van der Waals surface area contributed by atoms with Gasteiger partial charge in [-0.15, -0.1) is 0 Å². The first-order valence-corrected chi connectivity index (χ1v) is 13.5. The van der Waals surface area contributed by atoms with Crippen LogP contribution in [-0.2, 0) is 25.7 Å². The Bertz CT molecular complexity index is 1290. The Morgan fingerprint density at radius 3 is 2.08 bits per heavy atom. The molecule has 40 heavy (non-hydrogen) atoms. The standard InChI is InChI=1S/C32H36N2O6/c1-21(39-19-22-11-5-4-6-12-22)29(30(37)34-32(2,3)18-17-28(35)36)33-31(38)40-20-27-25-15-9-7-13-23(25)24-14-8-10-16-26(24)27/h4-16,21,27,29H,17-20H2,1-3H3,(H,33,38)(H,34,37)(H,35,36)/t21-,29+/m0/s1. The van der Waals surface area contributed by atoms with Crippen molar-refractivity contribution in [2.24, 2.45) is 0 Å². The van der Waals surface area contributed by atoms with Gasteiger partial charge in [-0.05, 0) is 55.0 Å². The summed E-state index contributed by atoms with van der Waals surface area (Å²) in [6, 6.07) is 24.6. The highest BCUT2D eigenvalue weighted by Gasteiger charge is 2.33. The molecular formula is C32H36N2O6. The monoisotopic (exact) mass is 544 g/mol. The van der Waals surface area contributed by atoms with Gasteiger partial charge < -0.3 is 25.2 Å². The van der Waals surface area contributed by atoms with E-state index in [1.165, 1.54) is 0 Å². The molecule has 0 radical (unpaired) electrons. The molecule has 0 unspecified atom stereocenters. The summed E-state index contributed by atoms with van der Waals surface area (Å²) in [6.45, 7) is 5.56. The normalized spacial score (nSPS) is 14.0. The average Bonchev–Trinajstić information content (AvgIpc) is 3.26. The number of ether oxygens (including phenoxy) is 2. The summed E-state index contributed by atoms with van der Waals surface area (Å²) in [5, 5.41) is 14.6. The minimum atomic E-state index is -1.07. The molecule has 2 atom stereocenters. The minimum absolute atomic E-state index is 0.0994. The topological polar surface area (TPSA) is 114 Å². The molecule has 0 saturated heterocycles. The molecular weight excluding hydrogens is 508 g/mol. The number of carbonyl (C=O) groups is 3. The number of nitrogens with one attached hydrogen (secondary N) is 2. The summed E-state index contributed by atoms with van der Waals surface area (Å²) in [4.78, 5) is 37.5. The van der Waals surface area contributed by atoms with E-state index >= 15 is 0 Å². The number of fused-ring (bicyclic) bond motifs is 3. The van der Waals surface area contributed by atoms with Crippen molar-refractivity contribution in [3.8, 4) is 11.1 Å². The van der Waals surface area contributed by atoms with Gasteiger partial charge >= 0.3 is 12.1 Å². The summed E-state index contributed by atoms with van der Waals surface area (Å²) < 4.78 is 11.6. The van der Waals surface area contributed by atoms with Crippen molar-refractivity contribution in [1.29, 1.82) is 0 Å². The quantitative estimate of drug-likeness (QED) is 0.287. The SMILES string of the molecule is C[C@H](OCc1ccccc1)[C@@H](NC(=O)OCC1c2ccccc2-c2ccccc21)C(=O)NC(C)(C)CCC(=O)O. The zero-order chi connectivity index (χ0) is 28.7. The summed E-state index contributed by atoms with van der Waals surface area (Å²) >= 11 is 0. The van der Waals surface area contributed by atoms with Crippen LogP contribution in [0, 0.1) is 0 Å². The molecule has 1 aliphatic carbocycles. The van der Waals surface area contributed by atoms with E-state index < -0.39 is 35.7 Å². The van der Waals surface area contributed by atoms with Crippen LogP contribution in [0.2, 0.25) is 0 Å². The first-order valence-electron chi connectivity index (χ1n) is 13.5. The van der Waals surface area contributed by atoms with Gasteiger partial charge in [0.1, 0.15) is 12.6 Å². The fraction of sp³-hybridized carbons (Fsp3) is 0.344. The van der Waals surface area contributed by atoms with Crippen LogP contribution in [0.1, 0.15) is 56.2 Å². The maximum atomic E-state index is 13.4. The number of aliphatic carboxylic acids is 1. The van der Waals surface area contributed by atoms with E-state index in [0.717, 1.165) is 27.8 Å². The van der Waals surface area contributed by atoms with Gasteiger partial charge in [-0.1, -0.05) is 78.9 Å². The van der Waals surface area contributed by atoms with Gasteiger partial charge in [0.25, 0.3) is 0 Å². The maximum Gasteiger partial charge on any atom is 0.407 e. The van der Waals surface area contributed by atoms with Crippen molar-refractivity contribution in [3.05, 3.63) is 95.6 Å². The van der Waals surface area contributed by atoms with Crippen LogP contribution in [0.25, 0.3) is 11.1 Å². The van der Waals surface area contributed by atoms with Crippen LogP contribution < -0.4 is 10.6 Å². The van der Waals surface area contributed by atoms with Crippen LogP contribution in [0.3, 0.4) is 0 Å². The van der Waals surface area contributed by atoms with Gasteiger partial charge in [0, 0.05) is 17.9 Å². The zero-order valence-corrected chi connectivity index (χ0v) is 23.1. The lowest BCUT2D eigenvalue weighted by atomic mass is 9.97. The average molecular weight is 545 g/mol. The highest BCUT2D eigenvalue weighted by molar-refractivity contribution is 5.87. The fourth-order valence-corrected chi connectivity index (χ4v) is 4.95. The van der Waals surface area contributed by atoms with Crippen molar-refractivity contribution in [3.63, 3.8) is 0 Å². The fourth-order valence-electron chi connectivity index (χ4n) is 4.95. The second-order valence-corrected chi connectivity index (χ2v) is 10.7. The molecule has 210 valence electrons. The molecule has 0 spiro atoms. The van der Waals surface area contributed by atoms with E-state index in [9.17, 15) is 14.4 Å². The highest BCUT2D eigenvalue weighted by atomic mass is 16.5. The lowest BCUT2D eigenvalue weighted by molar-refractivity contribution is -0.138. The van der Waals surface area contributed by atoms with Gasteiger partial charge in [-0.3, -0.25) is 9.59 Å². The third-order valence-electron chi connectivity index (χ3n) is 7.15. The molecule has 0 aromatic heterocycles. The number of amides is 2. The molecule has 8 nitrogen and oxygen atoms in total. The Morgan fingerprint density at radius 2 is 1.48 bits per heavy atom. The molecule has 3 aromatic rings. The van der Waals surface area contributed by atoms with E-state index in [-0.39, 0.29) is 32.0 Å². The van der Waals surface area contributed by atoms with E-state index in [2.05, 4.69) is 22.8 Å². The van der Waals surface area contributed by atoms with Gasteiger partial charge in [-0.2, -0.15) is 0 Å². The Labute approximate surface area is 234 Å². The zero-order valence-electron chi connectivity index (χ0n) is 23.1. The van der Waals surface area contributed by atoms with Crippen molar-refractivity contribution >= 4 is 18.0 Å². The number of carboxylic acids is 1. The predicted octanol–water partition coefficient (Wildman–Crippen LogP) is 5.26. The number of carboxylic acid groups (broad SMARTS) is 1. The number of rotatable bonds is 12. The number of hydrogen-bond donors (Lipinski definition) is 3. The van der Waals surface area contributed by atoms with Gasteiger partial charge in [0.15, 0.2) is 0 Å². The van der Waals surface area contributed by atoms with E-state index in [1.54, 1.807) is 20.8 Å². The molecule has 2 amide bonds. The van der Waals surface area contributed by atoms with Crippen molar-refractivity contribution in [2.45, 2.75) is 63.8 Å². The number of carbonyl (C=O) groups excluding carboxylic acids is 2. The predicted molar refractivity (Wildman–Crippen MR) is 152 cm³/mol. The number of hydrogen-bond acceptors (Lipinski definition) is 5. The lowest BCUT2D eigenvalue weighted by Gasteiger charge is -2.31. The molecule has 4 rings (SSSR count). The molecule has 0 fully saturated rings. The largest absolute Gasteiger partial charge is 0.481 e. The number of benzene rings is 3. The molecule has 0 bridgehead atoms. The maximum absolute atomic E-state index is 13.4. The molecule has 0 aliphatic heterocycles. The Kier molecular flexibility index (Phi) is 9.22. The number of alkyl carbamates (subject to hydrolysis) is 1. The highest BCUT2D eigenvalue weighted by Crippen LogP contribution is 2.44. The molecule has 0 heterocycles. The molecule has 8 heteroatoms. The van der Waals surface area contributed by atoms with Gasteiger partial charge in [0.05, 0.1) is 12.7 Å². The van der Waals surface area contributed by atoms with E-state index in [1.807, 2.05) is 66.7 Å². The smallest absolute Gasteiger partial charge is 0.407 e. The van der Waals surface area contributed by atoms with Crippen LogP contribution >= 0.6 is 0 Å². The Hall–Kier alpha value is -4.17. The molecule has 1 aliphatic rings. The summed E-state index contributed by atoms with van der Waals surface area (Å²) in [7, 11) is 0. The van der Waals surface area contributed by atoms with Crippen molar-refractivity contribution < 1.29 is 29.0 Å². The van der Waals surface area contributed by atoms with E-state index in [0.29, 0.717) is 0 Å². The third-order valence-corrected chi connectivity index (χ3v) is 7.15. The first-order chi connectivity index (χ1) is 19.1. The van der Waals surface area contributed by atoms with Crippen LogP contribution in [0.4, 0.5) is 4.79 Å². The summed E-state index contributed by atoms with van der Waals surface area (Å²) in [6.07, 6.45) is -1.31. The Morgan fingerprint density at radius 1 is 0.900 bits per heavy atom. The first kappa shape index (κ1) is 28.8. The van der Waals surface area contributed by atoms with Crippen LogP contribution in [-0.4, -0.2) is 47.4 Å². The summed E-state index contributed by atoms with van der Waals surface area (Å²) in [5.41, 5.74) is 4.54. The van der Waals surface area contributed by atoms with Crippen molar-refractivity contribution in [2.75, 3.05) is 6.61 Å². The van der Waals surface area contributed by atoms with Crippen LogP contribution in [0.5, 0.6) is 0 Å². The molecule has 0 saturated carbocycles. The lowest BCUT2D eigenvalue weighted by Crippen LogP contribution is -2.57. The van der Waals surface area contributed by atoms with Gasteiger partial charge in [0.2, 0.25) is 5.91 Å².